The molecule has 136 valence electrons. The van der Waals surface area contributed by atoms with Crippen LogP contribution in [-0.2, 0) is 0 Å². The Hall–Kier alpha value is -3.09. The fourth-order valence-electron chi connectivity index (χ4n) is 3.06. The molecule has 7 nitrogen and oxygen atoms in total. The van der Waals surface area contributed by atoms with Gasteiger partial charge in [0.15, 0.2) is 0 Å². The maximum absolute atomic E-state index is 12.5. The molecule has 1 heterocycles. The number of piperidine rings is 1. The number of hydrogen-bond donors (Lipinski definition) is 1. The van der Waals surface area contributed by atoms with E-state index in [2.05, 4.69) is 5.32 Å². The van der Waals surface area contributed by atoms with Crippen LogP contribution in [0.25, 0.3) is 0 Å². The molecule has 1 saturated heterocycles. The number of nitro groups is 1. The van der Waals surface area contributed by atoms with Crippen molar-refractivity contribution in [2.24, 2.45) is 0 Å². The second kappa shape index (κ2) is 7.86. The Morgan fingerprint density at radius 2 is 1.73 bits per heavy atom. The molecule has 0 atom stereocenters. The highest BCUT2D eigenvalue weighted by Gasteiger charge is 2.24. The molecular formula is C19H21N3O4. The summed E-state index contributed by atoms with van der Waals surface area (Å²) in [5.41, 5.74) is 1.51. The number of methoxy groups -OCH3 is 1. The van der Waals surface area contributed by atoms with Gasteiger partial charge in [-0.1, -0.05) is 0 Å². The Bertz CT molecular complexity index is 766. The van der Waals surface area contributed by atoms with Gasteiger partial charge in [-0.25, -0.2) is 0 Å². The van der Waals surface area contributed by atoms with Crippen LogP contribution in [0, 0.1) is 10.1 Å². The third kappa shape index (κ3) is 4.11. The van der Waals surface area contributed by atoms with Gasteiger partial charge in [0.1, 0.15) is 5.75 Å². The minimum Gasteiger partial charge on any atom is -0.497 e. The average molecular weight is 355 g/mol. The van der Waals surface area contributed by atoms with E-state index in [-0.39, 0.29) is 11.6 Å². The summed E-state index contributed by atoms with van der Waals surface area (Å²) in [7, 11) is 1.64. The maximum atomic E-state index is 12.5. The highest BCUT2D eigenvalue weighted by molar-refractivity contribution is 5.94. The Morgan fingerprint density at radius 1 is 1.12 bits per heavy atom. The summed E-state index contributed by atoms with van der Waals surface area (Å²) in [4.78, 5) is 24.6. The number of nitro benzene ring substituents is 1. The summed E-state index contributed by atoms with van der Waals surface area (Å²) in [6.45, 7) is 1.31. The normalized spacial score (nSPS) is 14.7. The first kappa shape index (κ1) is 17.7. The quantitative estimate of drug-likeness (QED) is 0.657. The lowest BCUT2D eigenvalue weighted by Crippen LogP contribution is -2.42. The van der Waals surface area contributed by atoms with Crippen LogP contribution in [0.1, 0.15) is 23.2 Å². The lowest BCUT2D eigenvalue weighted by atomic mass is 10.0. The third-order valence-corrected chi connectivity index (χ3v) is 4.57. The zero-order valence-electron chi connectivity index (χ0n) is 14.6. The predicted octanol–water partition coefficient (Wildman–Crippen LogP) is 3.32. The van der Waals surface area contributed by atoms with Gasteiger partial charge in [0.2, 0.25) is 0 Å². The van der Waals surface area contributed by atoms with Crippen LogP contribution in [0.4, 0.5) is 11.4 Å². The van der Waals surface area contributed by atoms with E-state index in [1.807, 2.05) is 24.3 Å². The SMILES string of the molecule is COc1ccc(NC2CCN(C(=O)c3ccc([N+](=O)[O-])cc3)CC2)cc1. The molecule has 7 heteroatoms. The van der Waals surface area contributed by atoms with Crippen LogP contribution in [-0.4, -0.2) is 42.0 Å². The first-order chi connectivity index (χ1) is 12.6. The second-order valence-electron chi connectivity index (χ2n) is 6.24. The summed E-state index contributed by atoms with van der Waals surface area (Å²) in [6.07, 6.45) is 1.70. The number of likely N-dealkylation sites (tertiary alicyclic amines) is 1. The van der Waals surface area contributed by atoms with Gasteiger partial charge < -0.3 is 15.0 Å². The van der Waals surface area contributed by atoms with Crippen LogP contribution in [0.5, 0.6) is 5.75 Å². The van der Waals surface area contributed by atoms with E-state index in [0.29, 0.717) is 24.7 Å². The first-order valence-corrected chi connectivity index (χ1v) is 8.51. The minimum atomic E-state index is -0.468. The molecular weight excluding hydrogens is 334 g/mol. The van der Waals surface area contributed by atoms with Crippen molar-refractivity contribution in [3.8, 4) is 5.75 Å². The zero-order chi connectivity index (χ0) is 18.5. The van der Waals surface area contributed by atoms with Gasteiger partial charge in [0.05, 0.1) is 12.0 Å². The third-order valence-electron chi connectivity index (χ3n) is 4.57. The van der Waals surface area contributed by atoms with Crippen molar-refractivity contribution in [2.45, 2.75) is 18.9 Å². The fraction of sp³-hybridized carbons (Fsp3) is 0.316. The Balaban J connectivity index is 1.53. The summed E-state index contributed by atoms with van der Waals surface area (Å²) in [5.74, 6) is 0.738. The van der Waals surface area contributed by atoms with E-state index >= 15 is 0 Å². The van der Waals surface area contributed by atoms with Crippen molar-refractivity contribution in [2.75, 3.05) is 25.5 Å². The number of rotatable bonds is 5. The van der Waals surface area contributed by atoms with Crippen molar-refractivity contribution < 1.29 is 14.5 Å². The smallest absolute Gasteiger partial charge is 0.269 e. The Kier molecular flexibility index (Phi) is 5.36. The number of nitrogens with one attached hydrogen (secondary N) is 1. The van der Waals surface area contributed by atoms with E-state index in [1.165, 1.54) is 24.3 Å². The second-order valence-corrected chi connectivity index (χ2v) is 6.24. The lowest BCUT2D eigenvalue weighted by Gasteiger charge is -2.33. The molecule has 26 heavy (non-hydrogen) atoms. The van der Waals surface area contributed by atoms with E-state index in [1.54, 1.807) is 12.0 Å². The number of carbonyl (C=O) groups excluding carboxylic acids is 1. The highest BCUT2D eigenvalue weighted by atomic mass is 16.6. The molecule has 1 N–H and O–H groups in total. The van der Waals surface area contributed by atoms with E-state index in [9.17, 15) is 14.9 Å². The van der Waals surface area contributed by atoms with Crippen LogP contribution >= 0.6 is 0 Å². The summed E-state index contributed by atoms with van der Waals surface area (Å²) in [6, 6.07) is 13.9. The fourth-order valence-corrected chi connectivity index (χ4v) is 3.06. The molecule has 2 aromatic rings. The summed E-state index contributed by atoms with van der Waals surface area (Å²) >= 11 is 0. The molecule has 1 aliphatic rings. The van der Waals surface area contributed by atoms with Gasteiger partial charge in [-0.05, 0) is 49.2 Å². The van der Waals surface area contributed by atoms with Crippen molar-refractivity contribution in [1.29, 1.82) is 0 Å². The molecule has 1 amide bonds. The molecule has 0 unspecified atom stereocenters. The predicted molar refractivity (Wildman–Crippen MR) is 98.6 cm³/mol. The van der Waals surface area contributed by atoms with E-state index < -0.39 is 4.92 Å². The maximum Gasteiger partial charge on any atom is 0.269 e. The summed E-state index contributed by atoms with van der Waals surface area (Å²) < 4.78 is 5.15. The summed E-state index contributed by atoms with van der Waals surface area (Å²) in [5, 5.41) is 14.2. The van der Waals surface area contributed by atoms with Crippen molar-refractivity contribution in [3.05, 3.63) is 64.2 Å². The van der Waals surface area contributed by atoms with Crippen molar-refractivity contribution in [3.63, 3.8) is 0 Å². The number of carbonyl (C=O) groups is 1. The molecule has 0 bridgehead atoms. The van der Waals surface area contributed by atoms with Gasteiger partial charge >= 0.3 is 0 Å². The largest absolute Gasteiger partial charge is 0.497 e. The minimum absolute atomic E-state index is 0.0102. The average Bonchev–Trinajstić information content (AvgIpc) is 2.69. The van der Waals surface area contributed by atoms with Gasteiger partial charge in [0, 0.05) is 42.5 Å². The topological polar surface area (TPSA) is 84.7 Å². The van der Waals surface area contributed by atoms with Crippen LogP contribution in [0.2, 0.25) is 0 Å². The van der Waals surface area contributed by atoms with E-state index in [0.717, 1.165) is 24.3 Å². The van der Waals surface area contributed by atoms with Gasteiger partial charge in [-0.15, -0.1) is 0 Å². The molecule has 0 radical (unpaired) electrons. The Morgan fingerprint density at radius 3 is 2.27 bits per heavy atom. The Labute approximate surface area is 151 Å². The number of nitrogens with zero attached hydrogens (tertiary/aromatic N) is 2. The standard InChI is InChI=1S/C19H21N3O4/c1-26-18-8-4-15(5-9-18)20-16-10-12-21(13-11-16)19(23)14-2-6-17(7-3-14)22(24)25/h2-9,16,20H,10-13H2,1H3. The number of non-ortho nitro benzene ring substituents is 1. The number of benzene rings is 2. The molecule has 2 aromatic carbocycles. The first-order valence-electron chi connectivity index (χ1n) is 8.51. The molecule has 0 aliphatic carbocycles. The van der Waals surface area contributed by atoms with Crippen LogP contribution in [0.15, 0.2) is 48.5 Å². The lowest BCUT2D eigenvalue weighted by molar-refractivity contribution is -0.384. The van der Waals surface area contributed by atoms with Gasteiger partial charge in [0.25, 0.3) is 11.6 Å². The highest BCUT2D eigenvalue weighted by Crippen LogP contribution is 2.21. The molecule has 1 fully saturated rings. The number of anilines is 1. The van der Waals surface area contributed by atoms with Gasteiger partial charge in [-0.2, -0.15) is 0 Å². The van der Waals surface area contributed by atoms with Gasteiger partial charge in [-0.3, -0.25) is 14.9 Å². The monoisotopic (exact) mass is 355 g/mol. The van der Waals surface area contributed by atoms with E-state index in [4.69, 9.17) is 4.74 Å². The van der Waals surface area contributed by atoms with Crippen molar-refractivity contribution in [1.82, 2.24) is 4.90 Å². The van der Waals surface area contributed by atoms with Crippen LogP contribution in [0.3, 0.4) is 0 Å². The number of amides is 1. The number of ether oxygens (including phenoxy) is 1. The number of hydrogen-bond acceptors (Lipinski definition) is 5. The molecule has 0 aromatic heterocycles. The van der Waals surface area contributed by atoms with Crippen molar-refractivity contribution >= 4 is 17.3 Å². The van der Waals surface area contributed by atoms with Crippen LogP contribution < -0.4 is 10.1 Å². The molecule has 0 saturated carbocycles. The molecule has 0 spiro atoms. The zero-order valence-corrected chi connectivity index (χ0v) is 14.6. The molecule has 3 rings (SSSR count). The molecule has 1 aliphatic heterocycles.